The summed E-state index contributed by atoms with van der Waals surface area (Å²) in [5, 5.41) is 1.97. The Hall–Kier alpha value is -3.16. The zero-order valence-corrected chi connectivity index (χ0v) is 23.5. The van der Waals surface area contributed by atoms with Crippen LogP contribution in [0.4, 0.5) is 0 Å². The van der Waals surface area contributed by atoms with Gasteiger partial charge in [0, 0.05) is 29.1 Å². The molecule has 5 heterocycles. The van der Waals surface area contributed by atoms with Crippen LogP contribution in [0.3, 0.4) is 0 Å². The van der Waals surface area contributed by atoms with Gasteiger partial charge in [0.1, 0.15) is 11.5 Å². The molecule has 7 heteroatoms. The fourth-order valence-electron chi connectivity index (χ4n) is 6.08. The summed E-state index contributed by atoms with van der Waals surface area (Å²) >= 11 is 0. The standard InChI is InChI=1S/C32H40N4O3/c1-22-7-10-28(39-22)32-25-9-8-24(19-23-11-16-35(2)17-12-23)33-31(25)26-20-29(37-3)30(21-27(26)34-32)38-18-6-15-36-13-4-5-14-36/h7-10,20-21,23H,4-6,11-19H2,1-3H3. The maximum atomic E-state index is 6.25. The number of nitrogens with zero attached hydrogens (tertiary/aromatic N) is 4. The number of pyridine rings is 2. The van der Waals surface area contributed by atoms with E-state index in [-0.39, 0.29) is 0 Å². The highest BCUT2D eigenvalue weighted by atomic mass is 16.5. The number of aromatic nitrogens is 2. The fourth-order valence-corrected chi connectivity index (χ4v) is 6.08. The molecule has 39 heavy (non-hydrogen) atoms. The highest BCUT2D eigenvalue weighted by Gasteiger charge is 2.21. The van der Waals surface area contributed by atoms with Crippen molar-refractivity contribution in [3.05, 3.63) is 47.9 Å². The molecule has 6 rings (SSSR count). The Labute approximate surface area is 231 Å². The highest BCUT2D eigenvalue weighted by Crippen LogP contribution is 2.38. The summed E-state index contributed by atoms with van der Waals surface area (Å²) < 4.78 is 18.1. The number of methoxy groups -OCH3 is 1. The van der Waals surface area contributed by atoms with E-state index < -0.39 is 0 Å². The van der Waals surface area contributed by atoms with E-state index in [9.17, 15) is 0 Å². The smallest absolute Gasteiger partial charge is 0.163 e. The van der Waals surface area contributed by atoms with Crippen molar-refractivity contribution in [2.45, 2.75) is 45.4 Å². The SMILES string of the molecule is COc1cc2c(cc1OCCCN1CCCC1)nc(-c1ccc(C)o1)c1ccc(CC3CCN(C)CC3)nc12. The van der Waals surface area contributed by atoms with Gasteiger partial charge in [-0.3, -0.25) is 4.98 Å². The normalized spacial score (nSPS) is 17.4. The van der Waals surface area contributed by atoms with E-state index in [4.69, 9.17) is 23.9 Å². The van der Waals surface area contributed by atoms with Crippen molar-refractivity contribution >= 4 is 21.8 Å². The lowest BCUT2D eigenvalue weighted by molar-refractivity contribution is 0.218. The van der Waals surface area contributed by atoms with Crippen molar-refractivity contribution in [1.29, 1.82) is 0 Å². The summed E-state index contributed by atoms with van der Waals surface area (Å²) in [6.45, 7) is 8.41. The summed E-state index contributed by atoms with van der Waals surface area (Å²) in [7, 11) is 3.91. The Kier molecular flexibility index (Phi) is 7.71. The molecule has 1 aromatic carbocycles. The second-order valence-electron chi connectivity index (χ2n) is 11.3. The monoisotopic (exact) mass is 528 g/mol. The minimum atomic E-state index is 0.648. The van der Waals surface area contributed by atoms with Crippen molar-refractivity contribution in [2.24, 2.45) is 5.92 Å². The highest BCUT2D eigenvalue weighted by molar-refractivity contribution is 6.09. The number of hydrogen-bond acceptors (Lipinski definition) is 7. The van der Waals surface area contributed by atoms with Gasteiger partial charge in [0.25, 0.3) is 0 Å². The second-order valence-corrected chi connectivity index (χ2v) is 11.3. The average molecular weight is 529 g/mol. The van der Waals surface area contributed by atoms with Crippen LogP contribution in [0, 0.1) is 12.8 Å². The Balaban J connectivity index is 1.36. The van der Waals surface area contributed by atoms with Crippen molar-refractivity contribution in [2.75, 3.05) is 53.5 Å². The van der Waals surface area contributed by atoms with Gasteiger partial charge in [-0.25, -0.2) is 4.98 Å². The number of benzene rings is 1. The predicted molar refractivity (Wildman–Crippen MR) is 156 cm³/mol. The van der Waals surface area contributed by atoms with E-state index in [1.54, 1.807) is 7.11 Å². The van der Waals surface area contributed by atoms with Gasteiger partial charge in [0.15, 0.2) is 17.3 Å². The number of ether oxygens (including phenoxy) is 2. The lowest BCUT2D eigenvalue weighted by Crippen LogP contribution is -2.31. The largest absolute Gasteiger partial charge is 0.493 e. The molecule has 0 bridgehead atoms. The van der Waals surface area contributed by atoms with Crippen molar-refractivity contribution < 1.29 is 13.9 Å². The zero-order chi connectivity index (χ0) is 26.8. The molecule has 2 aliphatic rings. The van der Waals surface area contributed by atoms with Crippen LogP contribution in [0.5, 0.6) is 11.5 Å². The topological polar surface area (TPSA) is 63.9 Å². The summed E-state index contributed by atoms with van der Waals surface area (Å²) in [5.41, 5.74) is 3.72. The van der Waals surface area contributed by atoms with E-state index >= 15 is 0 Å². The summed E-state index contributed by atoms with van der Waals surface area (Å²) in [4.78, 5) is 15.3. The van der Waals surface area contributed by atoms with Gasteiger partial charge in [-0.1, -0.05) is 0 Å². The quantitative estimate of drug-likeness (QED) is 0.192. The predicted octanol–water partition coefficient (Wildman–Crippen LogP) is 6.11. The van der Waals surface area contributed by atoms with Gasteiger partial charge in [0.2, 0.25) is 0 Å². The van der Waals surface area contributed by atoms with Crippen LogP contribution >= 0.6 is 0 Å². The molecule has 7 nitrogen and oxygen atoms in total. The number of hydrogen-bond donors (Lipinski definition) is 0. The number of furan rings is 1. The maximum absolute atomic E-state index is 6.25. The summed E-state index contributed by atoms with van der Waals surface area (Å²) in [6.07, 6.45) is 7.05. The van der Waals surface area contributed by atoms with Crippen LogP contribution in [-0.2, 0) is 6.42 Å². The van der Waals surface area contributed by atoms with E-state index in [0.29, 0.717) is 12.5 Å². The third kappa shape index (κ3) is 5.75. The summed E-state index contributed by atoms with van der Waals surface area (Å²) in [6, 6.07) is 12.4. The van der Waals surface area contributed by atoms with Gasteiger partial charge < -0.3 is 23.7 Å². The maximum Gasteiger partial charge on any atom is 0.163 e. The molecule has 0 aliphatic carbocycles. The molecule has 3 aromatic heterocycles. The Morgan fingerprint density at radius 2 is 1.77 bits per heavy atom. The first-order valence-corrected chi connectivity index (χ1v) is 14.5. The van der Waals surface area contributed by atoms with E-state index in [1.165, 1.54) is 38.8 Å². The summed E-state index contributed by atoms with van der Waals surface area (Å²) in [5.74, 6) is 3.73. The van der Waals surface area contributed by atoms with Crippen LogP contribution in [0.1, 0.15) is 43.6 Å². The number of rotatable bonds is 9. The number of piperidine rings is 1. The molecule has 0 atom stereocenters. The van der Waals surface area contributed by atoms with Gasteiger partial charge in [-0.2, -0.15) is 0 Å². The molecule has 206 valence electrons. The molecule has 0 radical (unpaired) electrons. The third-order valence-corrected chi connectivity index (χ3v) is 8.36. The Morgan fingerprint density at radius 3 is 2.51 bits per heavy atom. The molecular weight excluding hydrogens is 488 g/mol. The second kappa shape index (κ2) is 11.5. The molecule has 0 unspecified atom stereocenters. The Bertz CT molecular complexity index is 1430. The van der Waals surface area contributed by atoms with Crippen LogP contribution in [0.25, 0.3) is 33.3 Å². The van der Waals surface area contributed by atoms with Crippen LogP contribution < -0.4 is 9.47 Å². The molecule has 2 aliphatic heterocycles. The van der Waals surface area contributed by atoms with Gasteiger partial charge in [0.05, 0.1) is 24.8 Å². The number of likely N-dealkylation sites (tertiary alicyclic amines) is 2. The molecular formula is C32H40N4O3. The molecule has 0 saturated carbocycles. The van der Waals surface area contributed by atoms with Crippen molar-refractivity contribution in [3.63, 3.8) is 0 Å². The first-order chi connectivity index (χ1) is 19.1. The molecule has 2 fully saturated rings. The minimum absolute atomic E-state index is 0.648. The average Bonchev–Trinajstić information content (AvgIpc) is 3.63. The van der Waals surface area contributed by atoms with Gasteiger partial charge in [-0.05, 0) is 115 Å². The minimum Gasteiger partial charge on any atom is -0.493 e. The van der Waals surface area contributed by atoms with Crippen molar-refractivity contribution in [3.8, 4) is 23.0 Å². The van der Waals surface area contributed by atoms with Crippen LogP contribution in [-0.4, -0.2) is 73.3 Å². The van der Waals surface area contributed by atoms with Crippen LogP contribution in [0.15, 0.2) is 40.8 Å². The molecule has 0 spiro atoms. The lowest BCUT2D eigenvalue weighted by atomic mass is 9.92. The van der Waals surface area contributed by atoms with Gasteiger partial charge in [-0.15, -0.1) is 0 Å². The van der Waals surface area contributed by atoms with E-state index in [2.05, 4.69) is 29.0 Å². The molecule has 2 saturated heterocycles. The first kappa shape index (κ1) is 26.1. The number of aryl methyl sites for hydroxylation is 1. The van der Waals surface area contributed by atoms with Crippen molar-refractivity contribution in [1.82, 2.24) is 19.8 Å². The zero-order valence-electron chi connectivity index (χ0n) is 23.5. The van der Waals surface area contributed by atoms with Gasteiger partial charge >= 0.3 is 0 Å². The van der Waals surface area contributed by atoms with Crippen LogP contribution in [0.2, 0.25) is 0 Å². The first-order valence-electron chi connectivity index (χ1n) is 14.5. The van der Waals surface area contributed by atoms with E-state index in [0.717, 1.165) is 88.7 Å². The fraction of sp³-hybridized carbons (Fsp3) is 0.500. The molecule has 0 N–H and O–H groups in total. The Morgan fingerprint density at radius 1 is 0.949 bits per heavy atom. The lowest BCUT2D eigenvalue weighted by Gasteiger charge is -2.28. The third-order valence-electron chi connectivity index (χ3n) is 8.36. The molecule has 4 aromatic rings. The van der Waals surface area contributed by atoms with E-state index in [1.807, 2.05) is 31.2 Å². The number of fused-ring (bicyclic) bond motifs is 3. The molecule has 0 amide bonds.